The number of carbonyl (C=O) groups is 1. The quantitative estimate of drug-likeness (QED) is 0.396. The van der Waals surface area contributed by atoms with Gasteiger partial charge in [0.05, 0.1) is 13.1 Å². The van der Waals surface area contributed by atoms with E-state index in [9.17, 15) is 4.79 Å². The Morgan fingerprint density at radius 2 is 1.83 bits per heavy atom. The second-order valence-corrected chi connectivity index (χ2v) is 6.14. The van der Waals surface area contributed by atoms with Gasteiger partial charge in [-0.05, 0) is 23.6 Å². The smallest absolute Gasteiger partial charge is 0.241 e. The number of carbonyl (C=O) groups excluding carboxylic acids is 1. The maximum absolute atomic E-state index is 11.7. The average molecular weight is 453 g/mol. The van der Waals surface area contributed by atoms with Crippen LogP contribution in [0.5, 0.6) is 0 Å². The van der Waals surface area contributed by atoms with E-state index in [4.69, 9.17) is 11.6 Å². The number of likely N-dealkylation sites (N-methyl/N-ethyl adjacent to an activating group) is 1. The van der Waals surface area contributed by atoms with Crippen molar-refractivity contribution in [3.8, 4) is 0 Å². The van der Waals surface area contributed by atoms with Gasteiger partial charge in [-0.2, -0.15) is 0 Å². The first-order valence-electron chi connectivity index (χ1n) is 7.35. The van der Waals surface area contributed by atoms with Gasteiger partial charge in [0.2, 0.25) is 5.91 Å². The fourth-order valence-electron chi connectivity index (χ4n) is 1.55. The number of nitrogens with zero attached hydrogens (tertiary/aromatic N) is 2. The summed E-state index contributed by atoms with van der Waals surface area (Å²) >= 11 is 5.87. The van der Waals surface area contributed by atoms with Gasteiger partial charge in [0, 0.05) is 25.7 Å². The van der Waals surface area contributed by atoms with Crippen molar-refractivity contribution in [3.05, 3.63) is 34.9 Å². The van der Waals surface area contributed by atoms with Crippen molar-refractivity contribution >= 4 is 47.4 Å². The first-order valence-corrected chi connectivity index (χ1v) is 7.73. The van der Waals surface area contributed by atoms with Crippen LogP contribution in [0.1, 0.15) is 19.4 Å². The van der Waals surface area contributed by atoms with Crippen molar-refractivity contribution in [3.63, 3.8) is 0 Å². The molecule has 0 radical (unpaired) electrons. The molecule has 0 aromatic heterocycles. The van der Waals surface area contributed by atoms with Crippen LogP contribution in [0, 0.1) is 5.92 Å². The summed E-state index contributed by atoms with van der Waals surface area (Å²) in [6.07, 6.45) is 0. The van der Waals surface area contributed by atoms with Crippen LogP contribution in [0.2, 0.25) is 5.02 Å². The Morgan fingerprint density at radius 3 is 2.35 bits per heavy atom. The zero-order valence-electron chi connectivity index (χ0n) is 14.1. The minimum atomic E-state index is 0. The van der Waals surface area contributed by atoms with Crippen LogP contribution in [-0.4, -0.2) is 44.0 Å². The van der Waals surface area contributed by atoms with Gasteiger partial charge in [0.15, 0.2) is 5.96 Å². The van der Waals surface area contributed by atoms with E-state index >= 15 is 0 Å². The molecule has 0 fully saturated rings. The number of benzene rings is 1. The third kappa shape index (κ3) is 9.65. The summed E-state index contributed by atoms with van der Waals surface area (Å²) in [6.45, 7) is 5.78. The number of hydrogen-bond acceptors (Lipinski definition) is 2. The molecular weight excluding hydrogens is 427 g/mol. The molecule has 7 heteroatoms. The number of halogens is 2. The predicted molar refractivity (Wildman–Crippen MR) is 108 cm³/mol. The predicted octanol–water partition coefficient (Wildman–Crippen LogP) is 2.74. The van der Waals surface area contributed by atoms with Crippen molar-refractivity contribution in [1.82, 2.24) is 15.5 Å². The van der Waals surface area contributed by atoms with Crippen molar-refractivity contribution in [2.75, 3.05) is 27.2 Å². The lowest BCUT2D eigenvalue weighted by Gasteiger charge is -2.16. The highest BCUT2D eigenvalue weighted by atomic mass is 127. The maximum Gasteiger partial charge on any atom is 0.241 e. The molecule has 0 spiro atoms. The molecule has 1 aromatic carbocycles. The Labute approximate surface area is 160 Å². The van der Waals surface area contributed by atoms with Crippen LogP contribution in [0.4, 0.5) is 0 Å². The highest BCUT2D eigenvalue weighted by molar-refractivity contribution is 14.0. The molecule has 1 aromatic rings. The van der Waals surface area contributed by atoms with Crippen LogP contribution in [0.3, 0.4) is 0 Å². The molecule has 0 heterocycles. The van der Waals surface area contributed by atoms with Gasteiger partial charge in [-0.15, -0.1) is 24.0 Å². The molecule has 0 bridgehead atoms. The van der Waals surface area contributed by atoms with Crippen LogP contribution >= 0.6 is 35.6 Å². The van der Waals surface area contributed by atoms with E-state index in [2.05, 4.69) is 29.5 Å². The van der Waals surface area contributed by atoms with Gasteiger partial charge >= 0.3 is 0 Å². The maximum atomic E-state index is 11.7. The molecule has 1 rings (SSSR count). The van der Waals surface area contributed by atoms with Crippen molar-refractivity contribution in [2.45, 2.75) is 20.4 Å². The summed E-state index contributed by atoms with van der Waals surface area (Å²) in [7, 11) is 3.46. The number of guanidine groups is 1. The van der Waals surface area contributed by atoms with Crippen LogP contribution in [0.25, 0.3) is 0 Å². The Bertz CT molecular complexity index is 503. The summed E-state index contributed by atoms with van der Waals surface area (Å²) in [5.74, 6) is 1.14. The molecule has 5 nitrogen and oxygen atoms in total. The van der Waals surface area contributed by atoms with Crippen molar-refractivity contribution in [1.29, 1.82) is 0 Å². The van der Waals surface area contributed by atoms with Gasteiger partial charge < -0.3 is 15.5 Å². The lowest BCUT2D eigenvalue weighted by atomic mass is 10.2. The van der Waals surface area contributed by atoms with E-state index in [0.717, 1.165) is 12.1 Å². The minimum Gasteiger partial charge on any atom is -0.356 e. The van der Waals surface area contributed by atoms with Crippen LogP contribution < -0.4 is 10.6 Å². The summed E-state index contributed by atoms with van der Waals surface area (Å²) in [6, 6.07) is 7.57. The molecule has 0 saturated heterocycles. The van der Waals surface area contributed by atoms with Gasteiger partial charge in [-0.3, -0.25) is 4.79 Å². The molecular formula is C16H26ClIN4O. The second kappa shape index (κ2) is 11.5. The number of hydrogen-bond donors (Lipinski definition) is 2. The molecule has 0 aliphatic rings. The summed E-state index contributed by atoms with van der Waals surface area (Å²) in [4.78, 5) is 17.7. The number of amides is 1. The first-order chi connectivity index (χ1) is 10.4. The minimum absolute atomic E-state index is 0. The molecule has 0 aliphatic carbocycles. The van der Waals surface area contributed by atoms with E-state index in [-0.39, 0.29) is 36.4 Å². The molecule has 130 valence electrons. The number of aliphatic imine (C=N–C) groups is 1. The van der Waals surface area contributed by atoms with Crippen molar-refractivity contribution in [2.24, 2.45) is 10.9 Å². The van der Waals surface area contributed by atoms with Crippen LogP contribution in [-0.2, 0) is 11.3 Å². The Balaban J connectivity index is 0.00000484. The van der Waals surface area contributed by atoms with E-state index in [1.54, 1.807) is 19.0 Å². The second-order valence-electron chi connectivity index (χ2n) is 5.71. The number of rotatable bonds is 6. The largest absolute Gasteiger partial charge is 0.356 e. The lowest BCUT2D eigenvalue weighted by Crippen LogP contribution is -2.44. The number of nitrogens with one attached hydrogen (secondary N) is 2. The normalized spacial score (nSPS) is 11.0. The Kier molecular flexibility index (Phi) is 11.0. The first kappa shape index (κ1) is 22.0. The van der Waals surface area contributed by atoms with Gasteiger partial charge in [-0.1, -0.05) is 37.6 Å². The zero-order valence-corrected chi connectivity index (χ0v) is 17.2. The molecule has 0 unspecified atom stereocenters. The van der Waals surface area contributed by atoms with Gasteiger partial charge in [0.1, 0.15) is 0 Å². The standard InChI is InChI=1S/C16H25ClN4O.HI/c1-12(2)9-18-16(20-11-15(22)21(3)4)19-10-13-5-7-14(17)8-6-13;/h5-8,12H,9-11H2,1-4H3,(H2,18,19,20);1H. The molecule has 0 atom stereocenters. The van der Waals surface area contributed by atoms with E-state index < -0.39 is 0 Å². The molecule has 0 aliphatic heterocycles. The lowest BCUT2D eigenvalue weighted by molar-refractivity contribution is -0.127. The monoisotopic (exact) mass is 452 g/mol. The molecule has 23 heavy (non-hydrogen) atoms. The van der Waals surface area contributed by atoms with E-state index in [0.29, 0.717) is 23.4 Å². The van der Waals surface area contributed by atoms with E-state index in [1.165, 1.54) is 0 Å². The summed E-state index contributed by atoms with van der Waals surface area (Å²) in [5.41, 5.74) is 1.06. The average Bonchev–Trinajstić information content (AvgIpc) is 2.47. The molecule has 2 N–H and O–H groups in total. The fourth-order valence-corrected chi connectivity index (χ4v) is 1.68. The Morgan fingerprint density at radius 1 is 1.22 bits per heavy atom. The third-order valence-corrected chi connectivity index (χ3v) is 3.17. The summed E-state index contributed by atoms with van der Waals surface area (Å²) in [5, 5.41) is 7.01. The topological polar surface area (TPSA) is 56.7 Å². The van der Waals surface area contributed by atoms with Crippen molar-refractivity contribution < 1.29 is 4.79 Å². The molecule has 1 amide bonds. The highest BCUT2D eigenvalue weighted by Crippen LogP contribution is 2.10. The van der Waals surface area contributed by atoms with Crippen LogP contribution in [0.15, 0.2) is 29.3 Å². The molecule has 0 saturated carbocycles. The Hall–Kier alpha value is -1.02. The SMILES string of the molecule is CC(C)CNC(=NCc1ccc(Cl)cc1)NCC(=O)N(C)C.I. The summed E-state index contributed by atoms with van der Waals surface area (Å²) < 4.78 is 0. The fraction of sp³-hybridized carbons (Fsp3) is 0.500. The van der Waals surface area contributed by atoms with E-state index in [1.807, 2.05) is 24.3 Å². The zero-order chi connectivity index (χ0) is 16.5. The third-order valence-electron chi connectivity index (χ3n) is 2.92. The van der Waals surface area contributed by atoms with Gasteiger partial charge in [0.25, 0.3) is 0 Å². The van der Waals surface area contributed by atoms with Gasteiger partial charge in [-0.25, -0.2) is 4.99 Å². The highest BCUT2D eigenvalue weighted by Gasteiger charge is 2.06.